The van der Waals surface area contributed by atoms with Gasteiger partial charge in [0, 0.05) is 12.1 Å². The maximum atomic E-state index is 12.2. The lowest BCUT2D eigenvalue weighted by atomic mass is 10.1. The molecule has 5 heteroatoms. The van der Waals surface area contributed by atoms with Gasteiger partial charge in [-0.3, -0.25) is 4.79 Å². The lowest BCUT2D eigenvalue weighted by Crippen LogP contribution is -2.20. The molecule has 0 bridgehead atoms. The van der Waals surface area contributed by atoms with Gasteiger partial charge >= 0.3 is 0 Å². The van der Waals surface area contributed by atoms with Crippen molar-refractivity contribution < 1.29 is 13.9 Å². The molecule has 1 amide bonds. The van der Waals surface area contributed by atoms with Crippen molar-refractivity contribution in [3.05, 3.63) is 89.3 Å². The molecule has 152 valence electrons. The molecule has 1 heterocycles. The fourth-order valence-electron chi connectivity index (χ4n) is 3.21. The van der Waals surface area contributed by atoms with Crippen LogP contribution < -0.4 is 10.1 Å². The van der Waals surface area contributed by atoms with Gasteiger partial charge in [0.1, 0.15) is 11.3 Å². The van der Waals surface area contributed by atoms with Crippen LogP contribution in [0.5, 0.6) is 5.75 Å². The zero-order valence-electron chi connectivity index (χ0n) is 17.1. The number of aryl methyl sites for hydroxylation is 2. The minimum Gasteiger partial charge on any atom is -0.484 e. The van der Waals surface area contributed by atoms with E-state index < -0.39 is 0 Å². The molecule has 3 aromatic carbocycles. The molecule has 0 fully saturated rings. The number of oxazole rings is 1. The van der Waals surface area contributed by atoms with Crippen LogP contribution in [0.25, 0.3) is 11.1 Å². The maximum absolute atomic E-state index is 12.2. The van der Waals surface area contributed by atoms with Crippen LogP contribution in [-0.4, -0.2) is 17.5 Å². The van der Waals surface area contributed by atoms with Crippen LogP contribution in [-0.2, 0) is 17.6 Å². The molecule has 4 aromatic rings. The van der Waals surface area contributed by atoms with E-state index in [0.29, 0.717) is 18.1 Å². The van der Waals surface area contributed by atoms with Crippen LogP contribution in [0.15, 0.2) is 71.1 Å². The summed E-state index contributed by atoms with van der Waals surface area (Å²) in [5, 5.41) is 2.85. The Hall–Kier alpha value is -3.60. The Balaban J connectivity index is 1.31. The summed E-state index contributed by atoms with van der Waals surface area (Å²) in [7, 11) is 0. The number of nitrogens with one attached hydrogen (secondary N) is 1. The molecule has 0 aliphatic rings. The van der Waals surface area contributed by atoms with Gasteiger partial charge in [0.2, 0.25) is 0 Å². The molecule has 0 spiro atoms. The van der Waals surface area contributed by atoms with Crippen LogP contribution in [0.1, 0.15) is 29.5 Å². The van der Waals surface area contributed by atoms with Crippen molar-refractivity contribution in [1.82, 2.24) is 4.98 Å². The number of ether oxygens (including phenoxy) is 1. The normalized spacial score (nSPS) is 10.9. The zero-order chi connectivity index (χ0) is 20.9. The highest BCUT2D eigenvalue weighted by molar-refractivity contribution is 5.91. The average Bonchev–Trinajstić information content (AvgIpc) is 3.15. The minimum atomic E-state index is -0.198. The number of carbonyl (C=O) groups is 1. The van der Waals surface area contributed by atoms with Gasteiger partial charge in [-0.05, 0) is 66.4 Å². The predicted molar refractivity (Wildman–Crippen MR) is 118 cm³/mol. The Labute approximate surface area is 175 Å². The van der Waals surface area contributed by atoms with Crippen LogP contribution >= 0.6 is 0 Å². The second-order valence-electron chi connectivity index (χ2n) is 7.29. The number of hydrogen-bond acceptors (Lipinski definition) is 4. The van der Waals surface area contributed by atoms with Crippen molar-refractivity contribution in [1.29, 1.82) is 0 Å². The van der Waals surface area contributed by atoms with E-state index in [4.69, 9.17) is 9.15 Å². The number of rotatable bonds is 7. The zero-order valence-corrected chi connectivity index (χ0v) is 17.1. The summed E-state index contributed by atoms with van der Waals surface area (Å²) in [6.45, 7) is 4.10. The maximum Gasteiger partial charge on any atom is 0.262 e. The number of fused-ring (bicyclic) bond motifs is 1. The topological polar surface area (TPSA) is 64.4 Å². The minimum absolute atomic E-state index is 0.0322. The van der Waals surface area contributed by atoms with Crippen molar-refractivity contribution in [3.8, 4) is 5.75 Å². The second kappa shape index (κ2) is 8.82. The lowest BCUT2D eigenvalue weighted by molar-refractivity contribution is -0.118. The Bertz CT molecular complexity index is 1150. The molecule has 0 saturated carbocycles. The van der Waals surface area contributed by atoms with E-state index >= 15 is 0 Å². The van der Waals surface area contributed by atoms with Crippen LogP contribution in [0.3, 0.4) is 0 Å². The first-order valence-corrected chi connectivity index (χ1v) is 10.1. The third-order valence-electron chi connectivity index (χ3n) is 4.88. The number of hydrogen-bond donors (Lipinski definition) is 1. The van der Waals surface area contributed by atoms with Gasteiger partial charge in [-0.2, -0.15) is 0 Å². The molecule has 5 nitrogen and oxygen atoms in total. The fourth-order valence-corrected chi connectivity index (χ4v) is 3.21. The third kappa shape index (κ3) is 4.87. The van der Waals surface area contributed by atoms with E-state index in [9.17, 15) is 4.79 Å². The third-order valence-corrected chi connectivity index (χ3v) is 4.88. The van der Waals surface area contributed by atoms with Gasteiger partial charge in [-0.25, -0.2) is 4.98 Å². The molecule has 0 unspecified atom stereocenters. The molecule has 30 heavy (non-hydrogen) atoms. The molecule has 0 aliphatic carbocycles. The monoisotopic (exact) mass is 400 g/mol. The highest BCUT2D eigenvalue weighted by Gasteiger charge is 2.08. The van der Waals surface area contributed by atoms with Crippen LogP contribution in [0.4, 0.5) is 5.69 Å². The SMILES string of the molecule is CCc1ccc(OCC(=O)Nc2ccc(Cc3nc4cc(C)ccc4o3)cc2)cc1. The Kier molecular flexibility index (Phi) is 5.80. The van der Waals surface area contributed by atoms with Gasteiger partial charge in [0.05, 0.1) is 0 Å². The van der Waals surface area contributed by atoms with E-state index in [1.54, 1.807) is 0 Å². The molecule has 0 atom stereocenters. The smallest absolute Gasteiger partial charge is 0.262 e. The predicted octanol–water partition coefficient (Wildman–Crippen LogP) is 5.31. The second-order valence-corrected chi connectivity index (χ2v) is 7.29. The largest absolute Gasteiger partial charge is 0.484 e. The van der Waals surface area contributed by atoms with E-state index in [0.717, 1.165) is 34.3 Å². The average molecular weight is 400 g/mol. The molecule has 4 rings (SSSR count). The summed E-state index contributed by atoms with van der Waals surface area (Å²) in [5.41, 5.74) is 5.84. The lowest BCUT2D eigenvalue weighted by Gasteiger charge is -2.08. The Morgan fingerprint density at radius 2 is 1.73 bits per heavy atom. The van der Waals surface area contributed by atoms with Crippen molar-refractivity contribution in [2.45, 2.75) is 26.7 Å². The molecule has 0 saturated heterocycles. The van der Waals surface area contributed by atoms with E-state index in [2.05, 4.69) is 17.2 Å². The van der Waals surface area contributed by atoms with E-state index in [-0.39, 0.29) is 12.5 Å². The van der Waals surface area contributed by atoms with Crippen molar-refractivity contribution in [2.24, 2.45) is 0 Å². The number of carbonyl (C=O) groups excluding carboxylic acids is 1. The van der Waals surface area contributed by atoms with Crippen molar-refractivity contribution >= 4 is 22.7 Å². The van der Waals surface area contributed by atoms with Gasteiger partial charge < -0.3 is 14.5 Å². The summed E-state index contributed by atoms with van der Waals surface area (Å²) < 4.78 is 11.4. The van der Waals surface area contributed by atoms with E-state index in [1.807, 2.05) is 73.7 Å². The first kappa shape index (κ1) is 19.7. The summed E-state index contributed by atoms with van der Waals surface area (Å²) in [4.78, 5) is 16.7. The molecule has 0 radical (unpaired) electrons. The molecule has 1 aromatic heterocycles. The van der Waals surface area contributed by atoms with Crippen molar-refractivity contribution in [2.75, 3.05) is 11.9 Å². The van der Waals surface area contributed by atoms with Gasteiger partial charge in [-0.1, -0.05) is 37.3 Å². The summed E-state index contributed by atoms with van der Waals surface area (Å²) in [6, 6.07) is 21.4. The van der Waals surface area contributed by atoms with Gasteiger partial charge in [-0.15, -0.1) is 0 Å². The Morgan fingerprint density at radius 1 is 1.00 bits per heavy atom. The van der Waals surface area contributed by atoms with E-state index in [1.165, 1.54) is 5.56 Å². The number of aromatic nitrogens is 1. The highest BCUT2D eigenvalue weighted by Crippen LogP contribution is 2.20. The number of anilines is 1. The quantitative estimate of drug-likeness (QED) is 0.457. The Morgan fingerprint density at radius 3 is 2.47 bits per heavy atom. The molecular formula is C25H24N2O3. The summed E-state index contributed by atoms with van der Waals surface area (Å²) >= 11 is 0. The summed E-state index contributed by atoms with van der Waals surface area (Å²) in [5.74, 6) is 1.16. The molecular weight excluding hydrogens is 376 g/mol. The first-order valence-electron chi connectivity index (χ1n) is 10.1. The first-order chi connectivity index (χ1) is 14.6. The highest BCUT2D eigenvalue weighted by atomic mass is 16.5. The molecule has 1 N–H and O–H groups in total. The number of benzene rings is 3. The van der Waals surface area contributed by atoms with Gasteiger partial charge in [0.15, 0.2) is 18.1 Å². The standard InChI is InChI=1S/C25H24N2O3/c1-3-18-7-11-21(12-8-18)29-16-24(28)26-20-9-5-19(6-10-20)15-25-27-22-14-17(2)4-13-23(22)30-25/h4-14H,3,15-16H2,1-2H3,(H,26,28). The van der Waals surface area contributed by atoms with Gasteiger partial charge in [0.25, 0.3) is 5.91 Å². The number of amides is 1. The van der Waals surface area contributed by atoms with Crippen LogP contribution in [0, 0.1) is 6.92 Å². The van der Waals surface area contributed by atoms with Crippen LogP contribution in [0.2, 0.25) is 0 Å². The molecule has 0 aliphatic heterocycles. The summed E-state index contributed by atoms with van der Waals surface area (Å²) in [6.07, 6.45) is 1.57. The number of nitrogens with zero attached hydrogens (tertiary/aromatic N) is 1. The fraction of sp³-hybridized carbons (Fsp3) is 0.200. The van der Waals surface area contributed by atoms with Crippen molar-refractivity contribution in [3.63, 3.8) is 0 Å².